The van der Waals surface area contributed by atoms with E-state index in [1.807, 2.05) is 0 Å². The quantitative estimate of drug-likeness (QED) is 0.393. The van der Waals surface area contributed by atoms with E-state index in [4.69, 9.17) is 0 Å². The molecule has 0 atom stereocenters. The van der Waals surface area contributed by atoms with E-state index in [0.717, 1.165) is 0 Å². The maximum Gasteiger partial charge on any atom is 0.128 e. The Balaban J connectivity index is 0. The summed E-state index contributed by atoms with van der Waals surface area (Å²) in [6.07, 6.45) is 0. The summed E-state index contributed by atoms with van der Waals surface area (Å²) in [6.45, 7) is 6.45. The van der Waals surface area contributed by atoms with Crippen molar-refractivity contribution < 1.29 is 1.43 Å². The fourth-order valence-corrected chi connectivity index (χ4v) is 0. The van der Waals surface area contributed by atoms with Crippen LogP contribution in [0.2, 0.25) is 4.28 Å². The molecule has 0 fully saturated rings. The Morgan fingerprint density at radius 2 is 1.40 bits per heavy atom. The van der Waals surface area contributed by atoms with Crippen molar-refractivity contribution in [3.63, 3.8) is 0 Å². The highest BCUT2D eigenvalue weighted by Gasteiger charge is 1.94. The molecule has 0 aromatic heterocycles. The zero-order chi connectivity index (χ0) is 4.50. The molecule has 0 saturated heterocycles. The first-order valence-corrected chi connectivity index (χ1v) is 2.37. The Labute approximate surface area is 43.5 Å². The largest absolute Gasteiger partial charge is 0.128 e. The molecular formula is C4H11Al. The first-order valence-electron chi connectivity index (χ1n) is 1.79. The second-order valence-corrected chi connectivity index (χ2v) is 4.10. The van der Waals surface area contributed by atoms with Gasteiger partial charge in [-0.2, -0.15) is 0 Å². The molecule has 5 heavy (non-hydrogen) atoms. The van der Waals surface area contributed by atoms with Gasteiger partial charge in [0.2, 0.25) is 0 Å². The Kier molecular flexibility index (Phi) is 1.47. The van der Waals surface area contributed by atoms with Gasteiger partial charge in [-0.25, -0.2) is 0 Å². The van der Waals surface area contributed by atoms with E-state index in [9.17, 15) is 0 Å². The van der Waals surface area contributed by atoms with Crippen LogP contribution in [0.25, 0.3) is 0 Å². The molecule has 0 rings (SSSR count). The van der Waals surface area contributed by atoms with Crippen LogP contribution in [0.1, 0.15) is 22.2 Å². The van der Waals surface area contributed by atoms with Gasteiger partial charge in [0.25, 0.3) is 0 Å². The lowest BCUT2D eigenvalue weighted by Gasteiger charge is -2.06. The molecule has 0 spiro atoms. The number of hydrogen-bond donors (Lipinski definition) is 0. The second kappa shape index (κ2) is 1.33. The van der Waals surface area contributed by atoms with Crippen molar-refractivity contribution in [1.82, 2.24) is 0 Å². The Morgan fingerprint density at radius 1 is 1.40 bits per heavy atom. The van der Waals surface area contributed by atoms with Crippen LogP contribution < -0.4 is 0 Å². The summed E-state index contributed by atoms with van der Waals surface area (Å²) in [7, 11) is 0. The van der Waals surface area contributed by atoms with Crippen LogP contribution in [-0.4, -0.2) is 16.3 Å². The summed E-state index contributed by atoms with van der Waals surface area (Å²) >= 11 is 2.72. The van der Waals surface area contributed by atoms with Gasteiger partial charge in [-0.1, -0.05) is 20.8 Å². The van der Waals surface area contributed by atoms with Crippen LogP contribution in [0.15, 0.2) is 0 Å². The molecule has 2 radical (unpaired) electrons. The Bertz CT molecular complexity index is 23.0. The zero-order valence-corrected chi connectivity index (χ0v) is 5.23. The standard InChI is InChI=1S/C4H9.Al.H2/c1-4(2)3;;/h1-3H3;;1H. The average molecular weight is 86.1 g/mol. The van der Waals surface area contributed by atoms with Crippen LogP contribution >= 0.6 is 0 Å². The van der Waals surface area contributed by atoms with Gasteiger partial charge in [-0.15, -0.1) is 4.28 Å². The molecule has 0 amide bonds. The summed E-state index contributed by atoms with van der Waals surface area (Å²) < 4.78 is 0.417. The van der Waals surface area contributed by atoms with Crippen molar-refractivity contribution in [2.45, 2.75) is 25.0 Å². The molecule has 0 N–H and O–H groups in total. The lowest BCUT2D eigenvalue weighted by Crippen LogP contribution is -1.90. The topological polar surface area (TPSA) is 0 Å². The normalized spacial score (nSPS) is 11.8. The van der Waals surface area contributed by atoms with Gasteiger partial charge < -0.3 is 0 Å². The van der Waals surface area contributed by atoms with E-state index in [1.165, 1.54) is 0 Å². The van der Waals surface area contributed by atoms with Crippen molar-refractivity contribution in [3.8, 4) is 0 Å². The average Bonchev–Trinajstić information content (AvgIpc) is 0.722. The maximum atomic E-state index is 2.72. The van der Waals surface area contributed by atoms with Crippen molar-refractivity contribution >= 4 is 16.3 Å². The molecule has 0 aromatic carbocycles. The molecule has 0 unspecified atom stereocenters. The molecule has 0 nitrogen and oxygen atoms in total. The van der Waals surface area contributed by atoms with Gasteiger partial charge in [0, 0.05) is 1.43 Å². The smallest absolute Gasteiger partial charge is 0.105 e. The molecule has 0 aliphatic carbocycles. The predicted octanol–water partition coefficient (Wildman–Crippen LogP) is 1.62. The summed E-state index contributed by atoms with van der Waals surface area (Å²) in [5.41, 5.74) is 0. The summed E-state index contributed by atoms with van der Waals surface area (Å²) in [4.78, 5) is 0. The van der Waals surface area contributed by atoms with Crippen molar-refractivity contribution in [1.29, 1.82) is 0 Å². The third-order valence-electron chi connectivity index (χ3n) is 0. The summed E-state index contributed by atoms with van der Waals surface area (Å²) in [5.74, 6) is 0. The monoisotopic (exact) mass is 86.1 g/mol. The molecule has 1 heteroatoms. The fourth-order valence-electron chi connectivity index (χ4n) is 0. The van der Waals surface area contributed by atoms with E-state index in [0.29, 0.717) is 4.28 Å². The minimum atomic E-state index is 0. The van der Waals surface area contributed by atoms with E-state index in [2.05, 4.69) is 37.1 Å². The van der Waals surface area contributed by atoms with Gasteiger partial charge in [0.15, 0.2) is 0 Å². The summed E-state index contributed by atoms with van der Waals surface area (Å²) in [6, 6.07) is 0. The van der Waals surface area contributed by atoms with Crippen LogP contribution in [0.5, 0.6) is 0 Å². The van der Waals surface area contributed by atoms with Crippen molar-refractivity contribution in [2.24, 2.45) is 0 Å². The third kappa shape index (κ3) is 103. The highest BCUT2D eigenvalue weighted by atomic mass is 27.0. The van der Waals surface area contributed by atoms with Gasteiger partial charge >= 0.3 is 0 Å². The van der Waals surface area contributed by atoms with Crippen LogP contribution in [0.3, 0.4) is 0 Å². The minimum Gasteiger partial charge on any atom is -0.105 e. The Morgan fingerprint density at radius 3 is 1.40 bits per heavy atom. The van der Waals surface area contributed by atoms with Crippen molar-refractivity contribution in [3.05, 3.63) is 0 Å². The zero-order valence-electron chi connectivity index (χ0n) is 4.08. The van der Waals surface area contributed by atoms with Crippen LogP contribution in [0, 0.1) is 0 Å². The van der Waals surface area contributed by atoms with Gasteiger partial charge in [0.05, 0.1) is 0 Å². The molecule has 0 aliphatic rings. The third-order valence-corrected chi connectivity index (χ3v) is 0. The van der Waals surface area contributed by atoms with Crippen LogP contribution in [0.4, 0.5) is 0 Å². The first-order chi connectivity index (χ1) is 2.00. The van der Waals surface area contributed by atoms with E-state index in [1.54, 1.807) is 0 Å². The number of rotatable bonds is 0. The molecule has 0 bridgehead atoms. The molecule has 0 aromatic rings. The SMILES string of the molecule is C[C](C)(C)[Al].[HH]. The minimum absolute atomic E-state index is 0. The van der Waals surface area contributed by atoms with E-state index in [-0.39, 0.29) is 1.43 Å². The predicted molar refractivity (Wildman–Crippen MR) is 27.6 cm³/mol. The highest BCUT2D eigenvalue weighted by Crippen LogP contribution is 2.13. The molecule has 30 valence electrons. The second-order valence-electron chi connectivity index (χ2n) is 2.37. The lowest BCUT2D eigenvalue weighted by molar-refractivity contribution is 0.767. The number of hydrogen-bond acceptors (Lipinski definition) is 0. The first kappa shape index (κ1) is 5.53. The lowest BCUT2D eigenvalue weighted by atomic mass is 10.2. The highest BCUT2D eigenvalue weighted by molar-refractivity contribution is 6.14. The van der Waals surface area contributed by atoms with E-state index < -0.39 is 0 Å². The fraction of sp³-hybridized carbons (Fsp3) is 1.00. The van der Waals surface area contributed by atoms with Gasteiger partial charge in [-0.3, -0.25) is 0 Å². The van der Waals surface area contributed by atoms with Gasteiger partial charge in [0.1, 0.15) is 16.3 Å². The van der Waals surface area contributed by atoms with Gasteiger partial charge in [-0.05, 0) is 0 Å². The van der Waals surface area contributed by atoms with E-state index >= 15 is 0 Å². The molecule has 0 saturated carbocycles. The Hall–Kier alpha value is 0.532. The molecule has 0 heterocycles. The van der Waals surface area contributed by atoms with Crippen molar-refractivity contribution in [2.75, 3.05) is 0 Å². The molecule has 0 aliphatic heterocycles. The molecular weight excluding hydrogens is 75.0 g/mol. The van der Waals surface area contributed by atoms with Crippen LogP contribution in [-0.2, 0) is 0 Å². The maximum absolute atomic E-state index is 2.72. The summed E-state index contributed by atoms with van der Waals surface area (Å²) in [5, 5.41) is 0.